The first kappa shape index (κ1) is 15.4. The minimum atomic E-state index is -0.857. The summed E-state index contributed by atoms with van der Waals surface area (Å²) in [4.78, 5) is 11.1. The molecule has 2 aromatic rings. The number of carbonyl (C=O) groups is 1. The molecule has 0 amide bonds. The van der Waals surface area contributed by atoms with Gasteiger partial charge in [0, 0.05) is 30.6 Å². The van der Waals surface area contributed by atoms with Gasteiger partial charge in [-0.25, -0.2) is 0 Å². The van der Waals surface area contributed by atoms with Gasteiger partial charge in [0.1, 0.15) is 6.54 Å². The third kappa shape index (κ3) is 2.49. The lowest BCUT2D eigenvalue weighted by atomic mass is 10.1. The average molecular weight is 336 g/mol. The molecule has 1 aromatic carbocycles. The molecule has 108 valence electrons. The highest BCUT2D eigenvalue weighted by molar-refractivity contribution is 6.42. The molecule has 0 spiro atoms. The highest BCUT2D eigenvalue weighted by Gasteiger charge is 2.21. The molecule has 0 fully saturated rings. The third-order valence-electron chi connectivity index (χ3n) is 3.46. The maximum atomic E-state index is 11.1. The minimum Gasteiger partial charge on any atom is -0.480 e. The zero-order chi connectivity index (χ0) is 13.6. The Kier molecular flexibility index (Phi) is 4.49. The lowest BCUT2D eigenvalue weighted by Crippen LogP contribution is -2.25. The monoisotopic (exact) mass is 334 g/mol. The molecule has 1 aliphatic rings. The van der Waals surface area contributed by atoms with Crippen LogP contribution in [-0.2, 0) is 24.3 Å². The van der Waals surface area contributed by atoms with Crippen molar-refractivity contribution in [2.75, 3.05) is 6.54 Å². The van der Waals surface area contributed by atoms with Crippen molar-refractivity contribution in [1.29, 1.82) is 0 Å². The second-order valence-corrected chi connectivity index (χ2v) is 5.43. The Bertz CT molecular complexity index is 682. The molecule has 0 radical (unpaired) electrons. The molecule has 4 nitrogen and oxygen atoms in total. The molecular formula is C13H13Cl3N2O2. The molecule has 0 aliphatic carbocycles. The van der Waals surface area contributed by atoms with Crippen molar-refractivity contribution in [3.05, 3.63) is 33.4 Å². The second-order valence-electron chi connectivity index (χ2n) is 4.62. The lowest BCUT2D eigenvalue weighted by Gasteiger charge is -2.16. The van der Waals surface area contributed by atoms with Crippen molar-refractivity contribution in [1.82, 2.24) is 9.88 Å². The van der Waals surface area contributed by atoms with Gasteiger partial charge in [-0.1, -0.05) is 23.2 Å². The Balaban J connectivity index is 0.00000147. The Morgan fingerprint density at radius 2 is 2.05 bits per heavy atom. The smallest absolute Gasteiger partial charge is 0.323 e. The van der Waals surface area contributed by atoms with Crippen LogP contribution in [-0.4, -0.2) is 22.2 Å². The van der Waals surface area contributed by atoms with E-state index in [9.17, 15) is 4.79 Å². The molecule has 0 bridgehead atoms. The highest BCUT2D eigenvalue weighted by atomic mass is 35.5. The number of nitrogens with one attached hydrogen (secondary N) is 1. The summed E-state index contributed by atoms with van der Waals surface area (Å²) < 4.78 is 1.83. The van der Waals surface area contributed by atoms with Crippen molar-refractivity contribution < 1.29 is 9.90 Å². The summed E-state index contributed by atoms with van der Waals surface area (Å²) in [6.07, 6.45) is 0.812. The number of rotatable bonds is 2. The predicted octanol–water partition coefficient (Wildman–Crippen LogP) is 3.10. The molecule has 3 rings (SSSR count). The van der Waals surface area contributed by atoms with Crippen LogP contribution in [0.1, 0.15) is 11.3 Å². The van der Waals surface area contributed by atoms with E-state index in [1.165, 1.54) is 0 Å². The van der Waals surface area contributed by atoms with E-state index in [0.717, 1.165) is 41.7 Å². The van der Waals surface area contributed by atoms with Gasteiger partial charge in [0.15, 0.2) is 0 Å². The average Bonchev–Trinajstić information content (AvgIpc) is 2.65. The quantitative estimate of drug-likeness (QED) is 0.886. The lowest BCUT2D eigenvalue weighted by molar-refractivity contribution is -0.137. The summed E-state index contributed by atoms with van der Waals surface area (Å²) in [6, 6.07) is 3.57. The van der Waals surface area contributed by atoms with Gasteiger partial charge >= 0.3 is 5.97 Å². The first-order valence-corrected chi connectivity index (χ1v) is 6.75. The van der Waals surface area contributed by atoms with Crippen LogP contribution in [0.5, 0.6) is 0 Å². The molecule has 0 saturated heterocycles. The van der Waals surface area contributed by atoms with E-state index in [1.54, 1.807) is 6.07 Å². The number of hydrogen-bond acceptors (Lipinski definition) is 2. The number of carboxylic acid groups (broad SMARTS) is 1. The van der Waals surface area contributed by atoms with E-state index in [-0.39, 0.29) is 19.0 Å². The Labute approximate surface area is 132 Å². The molecule has 1 aliphatic heterocycles. The van der Waals surface area contributed by atoms with E-state index < -0.39 is 5.97 Å². The fraction of sp³-hybridized carbons (Fsp3) is 0.308. The number of carboxylic acids is 1. The van der Waals surface area contributed by atoms with Crippen LogP contribution in [0.15, 0.2) is 12.1 Å². The van der Waals surface area contributed by atoms with Crippen molar-refractivity contribution >= 4 is 52.5 Å². The van der Waals surface area contributed by atoms with E-state index >= 15 is 0 Å². The normalized spacial score (nSPS) is 13.9. The minimum absolute atomic E-state index is 0. The van der Waals surface area contributed by atoms with Crippen LogP contribution in [0.25, 0.3) is 10.9 Å². The second kappa shape index (κ2) is 5.82. The molecule has 0 saturated carbocycles. The molecule has 7 heteroatoms. The van der Waals surface area contributed by atoms with Crippen molar-refractivity contribution in [3.63, 3.8) is 0 Å². The summed E-state index contributed by atoms with van der Waals surface area (Å²) in [6.45, 7) is 1.53. The standard InChI is InChI=1S/C13H12Cl2N2O2.ClH/c14-9-3-7-8-5-16-2-1-11(8)17(6-13(18)19)12(7)4-10(9)15;/h3-4,16H,1-2,5-6H2,(H,18,19);1H. The summed E-state index contributed by atoms with van der Waals surface area (Å²) in [5.41, 5.74) is 3.03. The van der Waals surface area contributed by atoms with Gasteiger partial charge in [-0.2, -0.15) is 0 Å². The summed E-state index contributed by atoms with van der Waals surface area (Å²) in [5, 5.41) is 14.3. The molecular weight excluding hydrogens is 323 g/mol. The van der Waals surface area contributed by atoms with Gasteiger partial charge in [-0.05, 0) is 17.7 Å². The Hall–Kier alpha value is -0.940. The molecule has 2 heterocycles. The first-order valence-electron chi connectivity index (χ1n) is 5.99. The fourth-order valence-electron chi connectivity index (χ4n) is 2.68. The van der Waals surface area contributed by atoms with Gasteiger partial charge in [0.05, 0.1) is 15.6 Å². The molecule has 20 heavy (non-hydrogen) atoms. The molecule has 0 unspecified atom stereocenters. The number of aliphatic carboxylic acids is 1. The van der Waals surface area contributed by atoms with Gasteiger partial charge in [-0.15, -0.1) is 12.4 Å². The maximum Gasteiger partial charge on any atom is 0.323 e. The Morgan fingerprint density at radius 1 is 1.35 bits per heavy atom. The van der Waals surface area contributed by atoms with Crippen molar-refractivity contribution in [2.45, 2.75) is 19.5 Å². The highest BCUT2D eigenvalue weighted by Crippen LogP contribution is 2.34. The van der Waals surface area contributed by atoms with Crippen LogP contribution in [0.3, 0.4) is 0 Å². The van der Waals surface area contributed by atoms with Crippen LogP contribution in [0, 0.1) is 0 Å². The summed E-state index contributed by atoms with van der Waals surface area (Å²) in [7, 11) is 0. The van der Waals surface area contributed by atoms with Crippen LogP contribution in [0.4, 0.5) is 0 Å². The fourth-order valence-corrected chi connectivity index (χ4v) is 3.01. The SMILES string of the molecule is Cl.O=C(O)Cn1c2c(c3cc(Cl)c(Cl)cc31)CNCC2. The summed E-state index contributed by atoms with van der Waals surface area (Å²) in [5.74, 6) is -0.857. The number of fused-ring (bicyclic) bond motifs is 3. The number of aromatic nitrogens is 1. The predicted molar refractivity (Wildman–Crippen MR) is 82.3 cm³/mol. The largest absolute Gasteiger partial charge is 0.480 e. The van der Waals surface area contributed by atoms with E-state index in [0.29, 0.717) is 10.0 Å². The third-order valence-corrected chi connectivity index (χ3v) is 4.18. The van der Waals surface area contributed by atoms with E-state index in [2.05, 4.69) is 5.32 Å². The summed E-state index contributed by atoms with van der Waals surface area (Å²) >= 11 is 12.1. The van der Waals surface area contributed by atoms with Gasteiger partial charge in [0.2, 0.25) is 0 Å². The van der Waals surface area contributed by atoms with Gasteiger partial charge in [-0.3, -0.25) is 4.79 Å². The van der Waals surface area contributed by atoms with Gasteiger partial charge < -0.3 is 15.0 Å². The van der Waals surface area contributed by atoms with Crippen LogP contribution in [0.2, 0.25) is 10.0 Å². The van der Waals surface area contributed by atoms with Crippen LogP contribution >= 0.6 is 35.6 Å². The molecule has 0 atom stereocenters. The maximum absolute atomic E-state index is 11.1. The zero-order valence-corrected chi connectivity index (χ0v) is 12.8. The van der Waals surface area contributed by atoms with Gasteiger partial charge in [0.25, 0.3) is 0 Å². The molecule has 2 N–H and O–H groups in total. The first-order chi connectivity index (χ1) is 9.08. The van der Waals surface area contributed by atoms with Crippen molar-refractivity contribution in [2.24, 2.45) is 0 Å². The van der Waals surface area contributed by atoms with E-state index in [1.807, 2.05) is 10.6 Å². The van der Waals surface area contributed by atoms with Crippen LogP contribution < -0.4 is 5.32 Å². The zero-order valence-electron chi connectivity index (χ0n) is 10.4. The number of nitrogens with zero attached hydrogens (tertiary/aromatic N) is 1. The number of benzene rings is 1. The van der Waals surface area contributed by atoms with E-state index in [4.69, 9.17) is 28.3 Å². The molecule has 1 aromatic heterocycles. The number of hydrogen-bond donors (Lipinski definition) is 2. The Morgan fingerprint density at radius 3 is 2.75 bits per heavy atom. The topological polar surface area (TPSA) is 54.3 Å². The number of halogens is 3. The van der Waals surface area contributed by atoms with Crippen molar-refractivity contribution in [3.8, 4) is 0 Å².